The van der Waals surface area contributed by atoms with Crippen molar-refractivity contribution < 1.29 is 18.0 Å². The van der Waals surface area contributed by atoms with Gasteiger partial charge in [0.1, 0.15) is 17.4 Å². The summed E-state index contributed by atoms with van der Waals surface area (Å²) >= 11 is 5.96. The second kappa shape index (κ2) is 16.5. The summed E-state index contributed by atoms with van der Waals surface area (Å²) in [6.45, 7) is 9.95. The number of alkyl halides is 2. The molecule has 0 fully saturated rings. The Morgan fingerprint density at radius 3 is 2.37 bits per heavy atom. The number of nitrogens with zero attached hydrogens (tertiary/aromatic N) is 2. The van der Waals surface area contributed by atoms with Gasteiger partial charge >= 0.3 is 0 Å². The number of halogens is 4. The van der Waals surface area contributed by atoms with Crippen LogP contribution < -0.4 is 5.32 Å². The Bertz CT molecular complexity index is 925. The first-order valence-electron chi connectivity index (χ1n) is 12.5. The molecule has 1 unspecified atom stereocenters. The summed E-state index contributed by atoms with van der Waals surface area (Å²) in [4.78, 5) is 19.2. The van der Waals surface area contributed by atoms with Crippen LogP contribution in [-0.4, -0.2) is 15.8 Å². The van der Waals surface area contributed by atoms with Gasteiger partial charge in [0.25, 0.3) is 6.43 Å². The third-order valence-electron chi connectivity index (χ3n) is 5.88. The van der Waals surface area contributed by atoms with Gasteiger partial charge < -0.3 is 5.32 Å². The number of hydrogen-bond acceptors (Lipinski definition) is 4. The minimum absolute atomic E-state index is 0.0400. The highest BCUT2D eigenvalue weighted by Crippen LogP contribution is 2.26. The van der Waals surface area contributed by atoms with Crippen LogP contribution >= 0.6 is 11.6 Å². The maximum atomic E-state index is 14.1. The molecular formula is C27H39ClF3N3O. The molecule has 1 aromatic heterocycles. The molecule has 4 nitrogen and oxygen atoms in total. The number of rotatable bonds is 13. The van der Waals surface area contributed by atoms with Crippen molar-refractivity contribution in [1.82, 2.24) is 9.97 Å². The number of Topliss-reactive ketones (excluding diaryl/α,β-unsaturated/α-hetero) is 1. The fourth-order valence-electron chi connectivity index (χ4n) is 3.63. The number of hydrogen-bond donors (Lipinski definition) is 1. The normalized spacial score (nSPS) is 11.7. The largest absolute Gasteiger partial charge is 0.366 e. The van der Waals surface area contributed by atoms with Gasteiger partial charge in [0.15, 0.2) is 0 Å². The first-order valence-corrected chi connectivity index (χ1v) is 12.9. The van der Waals surface area contributed by atoms with E-state index in [2.05, 4.69) is 22.2 Å². The molecule has 0 saturated carbocycles. The molecule has 0 radical (unpaired) electrons. The highest BCUT2D eigenvalue weighted by Gasteiger charge is 2.17. The van der Waals surface area contributed by atoms with Crippen LogP contribution in [0.25, 0.3) is 0 Å². The summed E-state index contributed by atoms with van der Waals surface area (Å²) in [5.74, 6) is 0.239. The van der Waals surface area contributed by atoms with Crippen molar-refractivity contribution in [3.8, 4) is 0 Å². The number of aryl methyl sites for hydroxylation is 1. The number of anilines is 1. The zero-order chi connectivity index (χ0) is 26.4. The van der Waals surface area contributed by atoms with E-state index in [1.54, 1.807) is 6.92 Å². The van der Waals surface area contributed by atoms with E-state index in [-0.39, 0.29) is 23.3 Å². The Labute approximate surface area is 213 Å². The first kappa shape index (κ1) is 30.9. The molecule has 0 aliphatic rings. The highest BCUT2D eigenvalue weighted by molar-refractivity contribution is 6.28. The monoisotopic (exact) mass is 513 g/mol. The van der Waals surface area contributed by atoms with E-state index in [4.69, 9.17) is 11.6 Å². The fourth-order valence-corrected chi connectivity index (χ4v) is 3.81. The lowest BCUT2D eigenvalue weighted by atomic mass is 9.99. The van der Waals surface area contributed by atoms with Gasteiger partial charge in [0.05, 0.1) is 11.3 Å². The van der Waals surface area contributed by atoms with E-state index in [9.17, 15) is 18.0 Å². The van der Waals surface area contributed by atoms with Gasteiger partial charge in [-0.05, 0) is 37.8 Å². The van der Waals surface area contributed by atoms with Gasteiger partial charge in [-0.15, -0.1) is 0 Å². The predicted octanol–water partition coefficient (Wildman–Crippen LogP) is 8.52. The Morgan fingerprint density at radius 1 is 1.09 bits per heavy atom. The maximum absolute atomic E-state index is 14.1. The Kier molecular flexibility index (Phi) is 14.6. The second-order valence-corrected chi connectivity index (χ2v) is 9.04. The number of aromatic nitrogens is 2. The van der Waals surface area contributed by atoms with Crippen molar-refractivity contribution in [3.05, 3.63) is 51.7 Å². The summed E-state index contributed by atoms with van der Waals surface area (Å²) in [6.07, 6.45) is 5.67. The van der Waals surface area contributed by atoms with Crippen molar-refractivity contribution in [1.29, 1.82) is 0 Å². The molecule has 0 aliphatic carbocycles. The van der Waals surface area contributed by atoms with Gasteiger partial charge in [-0.1, -0.05) is 78.0 Å². The summed E-state index contributed by atoms with van der Waals surface area (Å²) in [5.41, 5.74) is 1.31. The standard InChI is InChI=1S/C17H19ClF3N3.C10H20O/c1-3-6-13-11(4-2)16(24-17(18)23-13)22-9-10-7-5-8-12(14(10)19)15(20)21;1-4-5-6-7-8-9(2)10(3)11/h5,7-8,15H,3-4,6,9H2,1-2H3,(H,22,23,24);9H,4-8H2,1-3H3. The van der Waals surface area contributed by atoms with Crippen LogP contribution in [0.15, 0.2) is 18.2 Å². The lowest BCUT2D eigenvalue weighted by Crippen LogP contribution is -2.10. The molecule has 2 rings (SSSR count). The van der Waals surface area contributed by atoms with Crippen LogP contribution in [0.1, 0.15) is 102 Å². The molecule has 1 N–H and O–H groups in total. The Hall–Kier alpha value is -2.15. The van der Waals surface area contributed by atoms with E-state index < -0.39 is 17.8 Å². The minimum Gasteiger partial charge on any atom is -0.366 e. The molecule has 0 amide bonds. The summed E-state index contributed by atoms with van der Waals surface area (Å²) in [7, 11) is 0. The molecule has 1 heterocycles. The maximum Gasteiger partial charge on any atom is 0.266 e. The smallest absolute Gasteiger partial charge is 0.266 e. The Morgan fingerprint density at radius 2 is 1.80 bits per heavy atom. The molecule has 196 valence electrons. The molecule has 1 atom stereocenters. The molecule has 0 aliphatic heterocycles. The van der Waals surface area contributed by atoms with Crippen LogP contribution in [0.4, 0.5) is 19.0 Å². The van der Waals surface area contributed by atoms with E-state index in [0.29, 0.717) is 18.0 Å². The highest BCUT2D eigenvalue weighted by atomic mass is 35.5. The molecule has 0 bridgehead atoms. The quantitative estimate of drug-likeness (QED) is 0.215. The summed E-state index contributed by atoms with van der Waals surface area (Å²) in [6, 6.07) is 3.97. The lowest BCUT2D eigenvalue weighted by Gasteiger charge is -2.15. The zero-order valence-corrected chi connectivity index (χ0v) is 22.3. The average molecular weight is 514 g/mol. The van der Waals surface area contributed by atoms with Gasteiger partial charge in [-0.3, -0.25) is 4.79 Å². The summed E-state index contributed by atoms with van der Waals surface area (Å²) in [5, 5.41) is 3.12. The minimum atomic E-state index is -2.85. The van der Waals surface area contributed by atoms with E-state index in [1.807, 2.05) is 20.8 Å². The second-order valence-electron chi connectivity index (χ2n) is 8.71. The molecule has 0 spiro atoms. The van der Waals surface area contributed by atoms with Crippen LogP contribution in [0.5, 0.6) is 0 Å². The molecule has 8 heteroatoms. The number of benzene rings is 1. The van der Waals surface area contributed by atoms with E-state index >= 15 is 0 Å². The number of carbonyl (C=O) groups is 1. The van der Waals surface area contributed by atoms with E-state index in [1.165, 1.54) is 37.8 Å². The third kappa shape index (κ3) is 10.6. The third-order valence-corrected chi connectivity index (χ3v) is 6.05. The van der Waals surface area contributed by atoms with Crippen molar-refractivity contribution in [2.45, 2.75) is 99.0 Å². The van der Waals surface area contributed by atoms with Gasteiger partial charge in [0.2, 0.25) is 5.28 Å². The van der Waals surface area contributed by atoms with Gasteiger partial charge in [-0.2, -0.15) is 0 Å². The average Bonchev–Trinajstić information content (AvgIpc) is 2.81. The lowest BCUT2D eigenvalue weighted by molar-refractivity contribution is -0.120. The predicted molar refractivity (Wildman–Crippen MR) is 138 cm³/mol. The van der Waals surface area contributed by atoms with Crippen LogP contribution in [0.2, 0.25) is 5.28 Å². The fraction of sp³-hybridized carbons (Fsp3) is 0.593. The van der Waals surface area contributed by atoms with Gasteiger partial charge in [0, 0.05) is 23.6 Å². The van der Waals surface area contributed by atoms with Crippen molar-refractivity contribution >= 4 is 23.2 Å². The Balaban J connectivity index is 0.000000471. The van der Waals surface area contributed by atoms with Crippen molar-refractivity contribution in [2.24, 2.45) is 5.92 Å². The SMILES string of the molecule is CCCCCCC(C)C(C)=O.CCCc1nc(Cl)nc(NCc2cccc(C(F)F)c2F)c1CC. The van der Waals surface area contributed by atoms with Crippen LogP contribution in [-0.2, 0) is 24.2 Å². The number of carbonyl (C=O) groups excluding carboxylic acids is 1. The first-order chi connectivity index (χ1) is 16.7. The number of unbranched alkanes of at least 4 members (excludes halogenated alkanes) is 3. The zero-order valence-electron chi connectivity index (χ0n) is 21.6. The van der Waals surface area contributed by atoms with Crippen molar-refractivity contribution in [3.63, 3.8) is 0 Å². The molecule has 1 aromatic carbocycles. The van der Waals surface area contributed by atoms with Crippen LogP contribution in [0, 0.1) is 11.7 Å². The molecule has 35 heavy (non-hydrogen) atoms. The molecule has 0 saturated heterocycles. The summed E-state index contributed by atoms with van der Waals surface area (Å²) < 4.78 is 39.7. The van der Waals surface area contributed by atoms with Gasteiger partial charge in [-0.25, -0.2) is 23.1 Å². The molecule has 2 aromatic rings. The van der Waals surface area contributed by atoms with Crippen LogP contribution in [0.3, 0.4) is 0 Å². The molecular weight excluding hydrogens is 475 g/mol. The number of ketones is 1. The van der Waals surface area contributed by atoms with Crippen molar-refractivity contribution in [2.75, 3.05) is 5.32 Å². The topological polar surface area (TPSA) is 54.9 Å². The number of nitrogens with one attached hydrogen (secondary N) is 1. The van der Waals surface area contributed by atoms with E-state index in [0.717, 1.165) is 36.6 Å².